The smallest absolute Gasteiger partial charge is 0.279 e. The van der Waals surface area contributed by atoms with Gasteiger partial charge >= 0.3 is 0 Å². The number of benzene rings is 1. The average molecular weight is 507 g/mol. The molecule has 0 aliphatic heterocycles. The molecule has 2 N–H and O–H groups in total. The number of hydrogen-bond acceptors (Lipinski definition) is 11. The number of sulfonamides is 1. The minimum Gasteiger partial charge on any atom is -0.480 e. The summed E-state index contributed by atoms with van der Waals surface area (Å²) in [6.07, 6.45) is 4.30. The number of oxime groups is 1. The van der Waals surface area contributed by atoms with Crippen LogP contribution in [0.25, 0.3) is 0 Å². The molecule has 0 aliphatic rings. The lowest BCUT2D eigenvalue weighted by Crippen LogP contribution is -2.27. The highest BCUT2D eigenvalue weighted by molar-refractivity contribution is 7.89. The van der Waals surface area contributed by atoms with Gasteiger partial charge in [-0.15, -0.1) is 11.3 Å². The molecule has 34 heavy (non-hydrogen) atoms. The zero-order chi connectivity index (χ0) is 24.4. The summed E-state index contributed by atoms with van der Waals surface area (Å²) < 4.78 is 37.0. The lowest BCUT2D eigenvalue weighted by molar-refractivity contribution is -0.110. The van der Waals surface area contributed by atoms with E-state index >= 15 is 0 Å². The maximum Gasteiger partial charge on any atom is 0.279 e. The highest BCUT2D eigenvalue weighted by atomic mass is 32.2. The molecule has 14 heteroatoms. The Morgan fingerprint density at radius 2 is 1.91 bits per heavy atom. The Morgan fingerprint density at radius 3 is 2.53 bits per heavy atom. The summed E-state index contributed by atoms with van der Waals surface area (Å²) in [4.78, 5) is 30.4. The molecule has 2 aromatic heterocycles. The van der Waals surface area contributed by atoms with Crippen LogP contribution in [0.3, 0.4) is 0 Å². The predicted molar refractivity (Wildman–Crippen MR) is 124 cm³/mol. The highest BCUT2D eigenvalue weighted by Crippen LogP contribution is 2.14. The normalized spacial score (nSPS) is 11.8. The van der Waals surface area contributed by atoms with E-state index in [4.69, 9.17) is 14.3 Å². The van der Waals surface area contributed by atoms with Crippen molar-refractivity contribution in [2.75, 3.05) is 32.7 Å². The third kappa shape index (κ3) is 7.02. The number of thiazole rings is 1. The molecule has 0 fully saturated rings. The van der Waals surface area contributed by atoms with E-state index in [0.717, 1.165) is 0 Å². The highest BCUT2D eigenvalue weighted by Gasteiger charge is 2.19. The van der Waals surface area contributed by atoms with Gasteiger partial charge in [-0.05, 0) is 12.1 Å². The Labute approximate surface area is 200 Å². The van der Waals surface area contributed by atoms with Gasteiger partial charge in [0.15, 0.2) is 18.1 Å². The second-order valence-corrected chi connectivity index (χ2v) is 9.20. The maximum atomic E-state index is 12.9. The van der Waals surface area contributed by atoms with Crippen LogP contribution in [-0.2, 0) is 31.0 Å². The number of ether oxygens (including phenoxy) is 2. The van der Waals surface area contributed by atoms with Crippen molar-refractivity contribution >= 4 is 38.8 Å². The molecule has 0 unspecified atom stereocenters. The number of nitrogens with zero attached hydrogens (tertiary/aromatic N) is 4. The molecule has 0 radical (unpaired) electrons. The summed E-state index contributed by atoms with van der Waals surface area (Å²) in [5, 5.41) is 9.01. The summed E-state index contributed by atoms with van der Waals surface area (Å²) in [5.74, 6) is -0.179. The van der Waals surface area contributed by atoms with Gasteiger partial charge in [-0.25, -0.2) is 28.1 Å². The van der Waals surface area contributed by atoms with E-state index in [-0.39, 0.29) is 42.1 Å². The van der Waals surface area contributed by atoms with Gasteiger partial charge in [0.05, 0.1) is 31.0 Å². The number of carbonyl (C=O) groups excluding carboxylic acids is 1. The number of amides is 1. The van der Waals surface area contributed by atoms with Crippen molar-refractivity contribution in [1.29, 1.82) is 0 Å². The van der Waals surface area contributed by atoms with Crippen LogP contribution in [0.15, 0.2) is 58.3 Å². The second-order valence-electron chi connectivity index (χ2n) is 6.45. The van der Waals surface area contributed by atoms with Crippen molar-refractivity contribution in [3.63, 3.8) is 0 Å². The van der Waals surface area contributed by atoms with Gasteiger partial charge in [-0.1, -0.05) is 17.3 Å². The molecule has 3 rings (SSSR count). The Bertz CT molecular complexity index is 1200. The zero-order valence-corrected chi connectivity index (χ0v) is 19.9. The fraction of sp³-hybridized carbons (Fsp3) is 0.250. The first-order valence-electron chi connectivity index (χ1n) is 9.77. The number of hydrogen-bond donors (Lipinski definition) is 2. The van der Waals surface area contributed by atoms with E-state index < -0.39 is 15.9 Å². The van der Waals surface area contributed by atoms with Crippen molar-refractivity contribution in [3.05, 3.63) is 58.8 Å². The molecule has 1 aromatic carbocycles. The Hall–Kier alpha value is -3.46. The van der Waals surface area contributed by atoms with E-state index in [2.05, 4.69) is 30.1 Å². The first-order valence-corrected chi connectivity index (χ1v) is 12.1. The van der Waals surface area contributed by atoms with Crippen molar-refractivity contribution in [2.24, 2.45) is 5.16 Å². The number of rotatable bonds is 12. The molecule has 0 atom stereocenters. The lowest BCUT2D eigenvalue weighted by atomic mass is 10.1. The number of methoxy groups -OCH3 is 2. The average Bonchev–Trinajstić information content (AvgIpc) is 3.36. The summed E-state index contributed by atoms with van der Waals surface area (Å²) >= 11 is 1.38. The van der Waals surface area contributed by atoms with E-state index in [0.29, 0.717) is 10.6 Å². The first-order chi connectivity index (χ1) is 16.4. The molecular weight excluding hydrogens is 484 g/mol. The number of aromatic nitrogens is 3. The van der Waals surface area contributed by atoms with Crippen LogP contribution in [0.2, 0.25) is 0 Å². The number of carbonyl (C=O) groups is 1. The number of nitrogens with one attached hydrogen (secondary N) is 2. The Morgan fingerprint density at radius 1 is 1.12 bits per heavy atom. The molecule has 0 aliphatic carbocycles. The standard InChI is InChI=1S/C20H22N6O6S2/c1-30-9-7-24-34(28,29)15-5-3-14(4-6-15)19(26-32-13-18-21-8-10-33-18)20(27)25-16-11-23-17(31-2)12-22-16/h3-6,8,10-12,24H,7,9,13H2,1-2H3,(H,22,25,27)/b26-19+. The van der Waals surface area contributed by atoms with Crippen molar-refractivity contribution in [3.8, 4) is 5.88 Å². The second kappa shape index (κ2) is 12.1. The molecular formula is C20H22N6O6S2. The quantitative estimate of drug-likeness (QED) is 0.211. The first kappa shape index (κ1) is 25.2. The fourth-order valence-corrected chi connectivity index (χ4v) is 4.05. The van der Waals surface area contributed by atoms with Gasteiger partial charge < -0.3 is 19.6 Å². The van der Waals surface area contributed by atoms with Gasteiger partial charge in [-0.3, -0.25) is 4.79 Å². The summed E-state index contributed by atoms with van der Waals surface area (Å²) in [5.41, 5.74) is 0.236. The Balaban J connectivity index is 1.81. The molecule has 3 aromatic rings. The third-order valence-corrected chi connectivity index (χ3v) is 6.39. The van der Waals surface area contributed by atoms with Crippen molar-refractivity contribution < 1.29 is 27.5 Å². The zero-order valence-electron chi connectivity index (χ0n) is 18.3. The number of anilines is 1. The van der Waals surface area contributed by atoms with E-state index in [1.165, 1.54) is 62.2 Å². The van der Waals surface area contributed by atoms with Crippen LogP contribution in [0.1, 0.15) is 10.6 Å². The maximum absolute atomic E-state index is 12.9. The topological polar surface area (TPSA) is 154 Å². The predicted octanol–water partition coefficient (Wildman–Crippen LogP) is 1.43. The van der Waals surface area contributed by atoms with Gasteiger partial charge in [0.25, 0.3) is 5.91 Å². The van der Waals surface area contributed by atoms with Crippen molar-refractivity contribution in [2.45, 2.75) is 11.5 Å². The summed E-state index contributed by atoms with van der Waals surface area (Å²) in [6.45, 7) is 0.425. The molecule has 12 nitrogen and oxygen atoms in total. The van der Waals surface area contributed by atoms with Crippen LogP contribution in [0.4, 0.5) is 5.82 Å². The van der Waals surface area contributed by atoms with Crippen LogP contribution in [0.5, 0.6) is 5.88 Å². The molecule has 1 amide bonds. The van der Waals surface area contributed by atoms with E-state index in [1.54, 1.807) is 11.6 Å². The molecule has 0 saturated carbocycles. The van der Waals surface area contributed by atoms with Gasteiger partial charge in [0, 0.05) is 30.8 Å². The van der Waals surface area contributed by atoms with Gasteiger partial charge in [0.2, 0.25) is 15.9 Å². The van der Waals surface area contributed by atoms with Crippen LogP contribution >= 0.6 is 11.3 Å². The monoisotopic (exact) mass is 506 g/mol. The lowest BCUT2D eigenvalue weighted by Gasteiger charge is -2.10. The van der Waals surface area contributed by atoms with E-state index in [1.807, 2.05) is 0 Å². The van der Waals surface area contributed by atoms with Gasteiger partial charge in [0.1, 0.15) is 5.01 Å². The molecule has 0 spiro atoms. The van der Waals surface area contributed by atoms with Crippen LogP contribution < -0.4 is 14.8 Å². The largest absolute Gasteiger partial charge is 0.480 e. The minimum atomic E-state index is -3.74. The molecule has 0 bridgehead atoms. The summed E-state index contributed by atoms with van der Waals surface area (Å²) in [7, 11) is -0.812. The third-order valence-electron chi connectivity index (χ3n) is 4.16. The van der Waals surface area contributed by atoms with E-state index in [9.17, 15) is 13.2 Å². The van der Waals surface area contributed by atoms with Crippen LogP contribution in [0, 0.1) is 0 Å². The molecule has 0 saturated heterocycles. The van der Waals surface area contributed by atoms with Gasteiger partial charge in [-0.2, -0.15) is 0 Å². The van der Waals surface area contributed by atoms with Crippen molar-refractivity contribution in [1.82, 2.24) is 19.7 Å². The summed E-state index contributed by atoms with van der Waals surface area (Å²) in [6, 6.07) is 5.63. The molecule has 180 valence electrons. The minimum absolute atomic E-state index is 0.0248. The molecule has 2 heterocycles. The fourth-order valence-electron chi connectivity index (χ4n) is 2.52. The Kier molecular flexibility index (Phi) is 8.98. The SMILES string of the molecule is COCCNS(=O)(=O)c1ccc(/C(=N\OCc2nccs2)C(=O)Nc2cnc(OC)cn2)cc1. The van der Waals surface area contributed by atoms with Crippen LogP contribution in [-0.4, -0.2) is 62.4 Å².